The summed E-state index contributed by atoms with van der Waals surface area (Å²) < 4.78 is 39.7. The van der Waals surface area contributed by atoms with Gasteiger partial charge in [0, 0.05) is 25.2 Å². The normalized spacial score (nSPS) is 16.6. The van der Waals surface area contributed by atoms with Crippen molar-refractivity contribution in [3.8, 4) is 5.75 Å². The van der Waals surface area contributed by atoms with Crippen LogP contribution in [0.15, 0.2) is 71.6 Å². The van der Waals surface area contributed by atoms with Crippen LogP contribution in [-0.4, -0.2) is 35.3 Å². The summed E-state index contributed by atoms with van der Waals surface area (Å²) in [5.74, 6) is 0.746. The Kier molecular flexibility index (Phi) is 5.58. The van der Waals surface area contributed by atoms with Crippen molar-refractivity contribution >= 4 is 20.8 Å². The van der Waals surface area contributed by atoms with Crippen molar-refractivity contribution in [3.05, 3.63) is 72.3 Å². The van der Waals surface area contributed by atoms with Crippen LogP contribution in [0.1, 0.15) is 18.4 Å². The van der Waals surface area contributed by atoms with Crippen LogP contribution in [0.5, 0.6) is 5.75 Å². The molecule has 0 aliphatic carbocycles. The summed E-state index contributed by atoms with van der Waals surface area (Å²) in [7, 11) is -2.02. The first kappa shape index (κ1) is 19.9. The van der Waals surface area contributed by atoms with E-state index >= 15 is 0 Å². The molecule has 1 aliphatic rings. The summed E-state index contributed by atoms with van der Waals surface area (Å²) in [6, 6.07) is 20.9. The summed E-state index contributed by atoms with van der Waals surface area (Å²) in [6.45, 7) is 1.62. The molecule has 0 spiro atoms. The van der Waals surface area contributed by atoms with E-state index in [-0.39, 0.29) is 10.3 Å². The molecule has 0 amide bonds. The first-order valence-electron chi connectivity index (χ1n) is 9.73. The third-order valence-corrected chi connectivity index (χ3v) is 7.16. The van der Waals surface area contributed by atoms with Crippen LogP contribution in [0.2, 0.25) is 0 Å². The predicted molar refractivity (Wildman–Crippen MR) is 114 cm³/mol. The van der Waals surface area contributed by atoms with Crippen molar-refractivity contribution in [2.45, 2.75) is 23.2 Å². The quantitative estimate of drug-likeness (QED) is 0.669. The zero-order valence-electron chi connectivity index (χ0n) is 16.4. The van der Waals surface area contributed by atoms with Gasteiger partial charge in [-0.05, 0) is 53.4 Å². The molecule has 1 aliphatic heterocycles. The number of rotatable bonds is 6. The van der Waals surface area contributed by atoms with E-state index in [0.717, 1.165) is 34.9 Å². The Balaban J connectivity index is 1.60. The molecule has 5 nitrogen and oxygen atoms in total. The largest absolute Gasteiger partial charge is 0.497 e. The standard InChI is InChI=1S/C23H25NO4S/c1-27-21-9-7-19-16-22(10-8-18(19)15-21)29(25,26)24-17-23(11-13-28-14-12-23)20-5-3-2-4-6-20/h2-10,15-16,24H,11-14,17H2,1H3. The van der Waals surface area contributed by atoms with Crippen molar-refractivity contribution in [1.29, 1.82) is 0 Å². The second kappa shape index (κ2) is 8.14. The highest BCUT2D eigenvalue weighted by Gasteiger charge is 2.35. The minimum atomic E-state index is -3.63. The van der Waals surface area contributed by atoms with E-state index in [9.17, 15) is 8.42 Å². The zero-order valence-corrected chi connectivity index (χ0v) is 17.2. The van der Waals surface area contributed by atoms with Gasteiger partial charge in [-0.3, -0.25) is 0 Å². The second-order valence-electron chi connectivity index (χ2n) is 7.46. The van der Waals surface area contributed by atoms with Gasteiger partial charge in [0.05, 0.1) is 12.0 Å². The lowest BCUT2D eigenvalue weighted by Crippen LogP contribution is -2.44. The van der Waals surface area contributed by atoms with E-state index < -0.39 is 10.0 Å². The highest BCUT2D eigenvalue weighted by Crippen LogP contribution is 2.34. The Morgan fingerprint density at radius 2 is 1.66 bits per heavy atom. The van der Waals surface area contributed by atoms with E-state index in [1.807, 2.05) is 42.5 Å². The Morgan fingerprint density at radius 3 is 2.38 bits per heavy atom. The monoisotopic (exact) mass is 411 g/mol. The number of hydrogen-bond acceptors (Lipinski definition) is 4. The van der Waals surface area contributed by atoms with Crippen LogP contribution in [0, 0.1) is 0 Å². The molecule has 0 unspecified atom stereocenters. The first-order valence-corrected chi connectivity index (χ1v) is 11.2. The molecule has 0 bridgehead atoms. The van der Waals surface area contributed by atoms with Crippen molar-refractivity contribution in [2.24, 2.45) is 0 Å². The lowest BCUT2D eigenvalue weighted by molar-refractivity contribution is 0.0517. The van der Waals surface area contributed by atoms with Crippen molar-refractivity contribution in [1.82, 2.24) is 4.72 Å². The maximum absolute atomic E-state index is 13.0. The molecule has 6 heteroatoms. The van der Waals surface area contributed by atoms with Gasteiger partial charge >= 0.3 is 0 Å². The SMILES string of the molecule is COc1ccc2cc(S(=O)(=O)NCC3(c4ccccc4)CCOCC3)ccc2c1. The average molecular weight is 412 g/mol. The number of methoxy groups -OCH3 is 1. The van der Waals surface area contributed by atoms with Gasteiger partial charge in [0.25, 0.3) is 0 Å². The van der Waals surface area contributed by atoms with Crippen LogP contribution < -0.4 is 9.46 Å². The van der Waals surface area contributed by atoms with Gasteiger partial charge < -0.3 is 9.47 Å². The first-order chi connectivity index (χ1) is 14.0. The Morgan fingerprint density at radius 1 is 0.966 bits per heavy atom. The molecular weight excluding hydrogens is 386 g/mol. The highest BCUT2D eigenvalue weighted by molar-refractivity contribution is 7.89. The molecule has 0 aromatic heterocycles. The molecule has 1 fully saturated rings. The van der Waals surface area contributed by atoms with E-state index in [1.54, 1.807) is 19.2 Å². The molecule has 1 saturated heterocycles. The number of fused-ring (bicyclic) bond motifs is 1. The fourth-order valence-electron chi connectivity index (χ4n) is 3.93. The number of nitrogens with one attached hydrogen (secondary N) is 1. The van der Waals surface area contributed by atoms with Crippen LogP contribution in [0.4, 0.5) is 0 Å². The third kappa shape index (κ3) is 4.15. The van der Waals surface area contributed by atoms with Crippen LogP contribution in [0.3, 0.4) is 0 Å². The van der Waals surface area contributed by atoms with Gasteiger partial charge in [-0.1, -0.05) is 42.5 Å². The highest BCUT2D eigenvalue weighted by atomic mass is 32.2. The van der Waals surface area contributed by atoms with E-state index in [4.69, 9.17) is 9.47 Å². The summed E-state index contributed by atoms with van der Waals surface area (Å²) in [5.41, 5.74) is 0.896. The van der Waals surface area contributed by atoms with Crippen LogP contribution in [-0.2, 0) is 20.2 Å². The smallest absolute Gasteiger partial charge is 0.240 e. The minimum Gasteiger partial charge on any atom is -0.497 e. The van der Waals surface area contributed by atoms with Gasteiger partial charge in [0.1, 0.15) is 5.75 Å². The van der Waals surface area contributed by atoms with Crippen LogP contribution in [0.25, 0.3) is 10.8 Å². The van der Waals surface area contributed by atoms with Gasteiger partial charge in [-0.15, -0.1) is 0 Å². The Labute approximate surface area is 171 Å². The average Bonchev–Trinajstić information content (AvgIpc) is 2.78. The molecule has 29 heavy (non-hydrogen) atoms. The minimum absolute atomic E-state index is 0.253. The summed E-state index contributed by atoms with van der Waals surface area (Å²) in [4.78, 5) is 0.269. The Bertz CT molecular complexity index is 1090. The molecule has 1 heterocycles. The molecule has 0 atom stereocenters. The van der Waals surface area contributed by atoms with E-state index in [1.165, 1.54) is 0 Å². The molecule has 3 aromatic rings. The number of sulfonamides is 1. The topological polar surface area (TPSA) is 64.6 Å². The molecule has 0 saturated carbocycles. The number of hydrogen-bond donors (Lipinski definition) is 1. The molecular formula is C23H25NO4S. The summed E-state index contributed by atoms with van der Waals surface area (Å²) >= 11 is 0. The second-order valence-corrected chi connectivity index (χ2v) is 9.23. The lowest BCUT2D eigenvalue weighted by atomic mass is 9.74. The lowest BCUT2D eigenvalue weighted by Gasteiger charge is -2.37. The van der Waals surface area contributed by atoms with Gasteiger partial charge in [-0.2, -0.15) is 0 Å². The summed E-state index contributed by atoms with van der Waals surface area (Å²) in [6.07, 6.45) is 1.58. The van der Waals surface area contributed by atoms with Gasteiger partial charge in [0.15, 0.2) is 0 Å². The zero-order chi connectivity index (χ0) is 20.3. The fraction of sp³-hybridized carbons (Fsp3) is 0.304. The molecule has 4 rings (SSSR count). The molecule has 3 aromatic carbocycles. The number of benzene rings is 3. The van der Waals surface area contributed by atoms with Crippen molar-refractivity contribution < 1.29 is 17.9 Å². The van der Waals surface area contributed by atoms with E-state index in [0.29, 0.717) is 19.8 Å². The third-order valence-electron chi connectivity index (χ3n) is 5.77. The van der Waals surface area contributed by atoms with E-state index in [2.05, 4.69) is 16.9 Å². The number of ether oxygens (including phenoxy) is 2. The van der Waals surface area contributed by atoms with Crippen molar-refractivity contribution in [3.63, 3.8) is 0 Å². The maximum Gasteiger partial charge on any atom is 0.240 e. The fourth-order valence-corrected chi connectivity index (χ4v) is 5.10. The van der Waals surface area contributed by atoms with Crippen LogP contribution >= 0.6 is 0 Å². The molecule has 1 N–H and O–H groups in total. The van der Waals surface area contributed by atoms with Crippen molar-refractivity contribution in [2.75, 3.05) is 26.9 Å². The summed E-state index contributed by atoms with van der Waals surface area (Å²) in [5, 5.41) is 1.80. The molecule has 0 radical (unpaired) electrons. The maximum atomic E-state index is 13.0. The van der Waals surface area contributed by atoms with Gasteiger partial charge in [0.2, 0.25) is 10.0 Å². The predicted octanol–water partition coefficient (Wildman–Crippen LogP) is 3.88. The molecule has 152 valence electrons. The van der Waals surface area contributed by atoms with Gasteiger partial charge in [-0.25, -0.2) is 13.1 Å². The Hall–Kier alpha value is -2.41.